The van der Waals surface area contributed by atoms with Crippen LogP contribution >= 0.6 is 0 Å². The van der Waals surface area contributed by atoms with Gasteiger partial charge in [0.2, 0.25) is 5.91 Å². The molecule has 1 fully saturated rings. The first kappa shape index (κ1) is 18.6. The summed E-state index contributed by atoms with van der Waals surface area (Å²) in [7, 11) is 3.68. The number of carbonyl (C=O) groups excluding carboxylic acids is 1. The average molecular weight is 355 g/mol. The van der Waals surface area contributed by atoms with Crippen LogP contribution in [0.4, 0.5) is 0 Å². The van der Waals surface area contributed by atoms with Crippen molar-refractivity contribution < 1.29 is 9.32 Å². The molecule has 0 saturated carbocycles. The molecule has 5 heteroatoms. The summed E-state index contributed by atoms with van der Waals surface area (Å²) in [6.45, 7) is 6.20. The summed E-state index contributed by atoms with van der Waals surface area (Å²) in [5.74, 6) is 0.963. The Hall–Kier alpha value is -2.14. The van der Waals surface area contributed by atoms with E-state index in [0.29, 0.717) is 12.5 Å². The van der Waals surface area contributed by atoms with Crippen molar-refractivity contribution in [2.45, 2.75) is 39.2 Å². The molecule has 1 aliphatic rings. The summed E-state index contributed by atoms with van der Waals surface area (Å²) >= 11 is 0. The Morgan fingerprint density at radius 2 is 2.04 bits per heavy atom. The third kappa shape index (κ3) is 3.83. The van der Waals surface area contributed by atoms with Gasteiger partial charge < -0.3 is 9.42 Å². The second-order valence-corrected chi connectivity index (χ2v) is 7.87. The Balaban J connectivity index is 1.87. The van der Waals surface area contributed by atoms with E-state index in [9.17, 15) is 4.79 Å². The van der Waals surface area contributed by atoms with Crippen LogP contribution in [-0.4, -0.2) is 54.1 Å². The van der Waals surface area contributed by atoms with Crippen LogP contribution in [0.25, 0.3) is 11.3 Å². The maximum atomic E-state index is 13.1. The summed E-state index contributed by atoms with van der Waals surface area (Å²) in [4.78, 5) is 17.2. The highest BCUT2D eigenvalue weighted by Crippen LogP contribution is 2.37. The molecule has 0 bridgehead atoms. The molecule has 2 heterocycles. The number of carbonyl (C=O) groups is 1. The fourth-order valence-electron chi connectivity index (χ4n) is 3.95. The molecule has 3 rings (SSSR count). The maximum Gasteiger partial charge on any atom is 0.230 e. The highest BCUT2D eigenvalue weighted by atomic mass is 16.5. The molecule has 5 nitrogen and oxygen atoms in total. The van der Waals surface area contributed by atoms with Crippen LogP contribution < -0.4 is 0 Å². The second kappa shape index (κ2) is 7.62. The van der Waals surface area contributed by atoms with Crippen LogP contribution in [-0.2, 0) is 11.2 Å². The van der Waals surface area contributed by atoms with Crippen molar-refractivity contribution in [1.29, 1.82) is 0 Å². The normalized spacial score (nSPS) is 21.1. The first-order valence-corrected chi connectivity index (χ1v) is 9.38. The van der Waals surface area contributed by atoms with Gasteiger partial charge in [-0.25, -0.2) is 0 Å². The number of likely N-dealkylation sites (tertiary alicyclic amines) is 1. The lowest BCUT2D eigenvalue weighted by atomic mass is 9.74. The average Bonchev–Trinajstić information content (AvgIpc) is 3.10. The van der Waals surface area contributed by atoms with Gasteiger partial charge in [0, 0.05) is 44.7 Å². The minimum absolute atomic E-state index is 0.181. The minimum atomic E-state index is -0.445. The van der Waals surface area contributed by atoms with E-state index in [1.165, 1.54) is 0 Å². The second-order valence-electron chi connectivity index (χ2n) is 7.87. The molecule has 2 aromatic rings. The molecule has 0 N–H and O–H groups in total. The lowest BCUT2D eigenvalue weighted by Crippen LogP contribution is -2.54. The maximum absolute atomic E-state index is 13.1. The molecule has 1 aliphatic heterocycles. The van der Waals surface area contributed by atoms with E-state index >= 15 is 0 Å². The van der Waals surface area contributed by atoms with Crippen LogP contribution in [0, 0.1) is 5.41 Å². The highest BCUT2D eigenvalue weighted by molar-refractivity contribution is 5.83. The van der Waals surface area contributed by atoms with E-state index < -0.39 is 5.41 Å². The van der Waals surface area contributed by atoms with Crippen molar-refractivity contribution in [3.8, 4) is 11.3 Å². The SMILES string of the molecule is CC(C)N1CCCC(Cc2cc(-c3ccccc3)no2)(C(=O)N(C)C)C1. The minimum Gasteiger partial charge on any atom is -0.361 e. The standard InChI is InChI=1S/C21H29N3O2/c1-16(2)24-12-8-11-21(15-24,20(25)23(3)4)14-18-13-19(22-26-18)17-9-6-5-7-10-17/h5-7,9-10,13,16H,8,11-12,14-15H2,1-4H3. The number of hydrogen-bond acceptors (Lipinski definition) is 4. The number of amides is 1. The molecule has 1 aromatic heterocycles. The fraction of sp³-hybridized carbons (Fsp3) is 0.524. The van der Waals surface area contributed by atoms with Crippen molar-refractivity contribution in [2.75, 3.05) is 27.2 Å². The lowest BCUT2D eigenvalue weighted by molar-refractivity contribution is -0.143. The number of piperidine rings is 1. The van der Waals surface area contributed by atoms with E-state index in [1.807, 2.05) is 50.5 Å². The van der Waals surface area contributed by atoms with Gasteiger partial charge in [-0.2, -0.15) is 0 Å². The quantitative estimate of drug-likeness (QED) is 0.824. The molecular formula is C21H29N3O2. The van der Waals surface area contributed by atoms with Gasteiger partial charge in [0.05, 0.1) is 5.41 Å². The van der Waals surface area contributed by atoms with Crippen molar-refractivity contribution in [1.82, 2.24) is 15.0 Å². The van der Waals surface area contributed by atoms with Crippen molar-refractivity contribution >= 4 is 5.91 Å². The van der Waals surface area contributed by atoms with E-state index in [4.69, 9.17) is 4.52 Å². The van der Waals surface area contributed by atoms with Crippen LogP contribution in [0.3, 0.4) is 0 Å². The van der Waals surface area contributed by atoms with E-state index in [0.717, 1.165) is 42.9 Å². The zero-order valence-electron chi connectivity index (χ0n) is 16.2. The number of aromatic nitrogens is 1. The summed E-state index contributed by atoms with van der Waals surface area (Å²) in [5, 5.41) is 4.23. The summed E-state index contributed by atoms with van der Waals surface area (Å²) < 4.78 is 5.63. The van der Waals surface area contributed by atoms with Gasteiger partial charge in [0.15, 0.2) is 0 Å². The molecule has 1 saturated heterocycles. The van der Waals surface area contributed by atoms with E-state index in [1.54, 1.807) is 4.90 Å². The number of hydrogen-bond donors (Lipinski definition) is 0. The highest BCUT2D eigenvalue weighted by Gasteiger charge is 2.44. The molecule has 0 spiro atoms. The third-order valence-electron chi connectivity index (χ3n) is 5.34. The third-order valence-corrected chi connectivity index (χ3v) is 5.34. The van der Waals surface area contributed by atoms with Crippen LogP contribution in [0.2, 0.25) is 0 Å². The Labute approximate surface area is 156 Å². The first-order chi connectivity index (χ1) is 12.4. The van der Waals surface area contributed by atoms with Crippen LogP contribution in [0.5, 0.6) is 0 Å². The zero-order chi connectivity index (χ0) is 18.7. The number of rotatable bonds is 5. The van der Waals surface area contributed by atoms with Gasteiger partial charge in [0.25, 0.3) is 0 Å². The molecule has 1 amide bonds. The van der Waals surface area contributed by atoms with Crippen molar-refractivity contribution in [3.05, 3.63) is 42.2 Å². The Kier molecular flexibility index (Phi) is 5.47. The fourth-order valence-corrected chi connectivity index (χ4v) is 3.95. The van der Waals surface area contributed by atoms with Gasteiger partial charge in [-0.1, -0.05) is 35.5 Å². The Bertz CT molecular complexity index is 739. The lowest BCUT2D eigenvalue weighted by Gasteiger charge is -2.44. The van der Waals surface area contributed by atoms with Crippen LogP contribution in [0.15, 0.2) is 40.9 Å². The van der Waals surface area contributed by atoms with E-state index in [2.05, 4.69) is 23.9 Å². The van der Waals surface area contributed by atoms with Gasteiger partial charge in [-0.05, 0) is 33.2 Å². The molecule has 1 unspecified atom stereocenters. The monoisotopic (exact) mass is 355 g/mol. The first-order valence-electron chi connectivity index (χ1n) is 9.38. The predicted octanol–water partition coefficient (Wildman–Crippen LogP) is 3.46. The molecule has 0 aliphatic carbocycles. The van der Waals surface area contributed by atoms with Gasteiger partial charge in [-0.3, -0.25) is 9.69 Å². The molecule has 0 radical (unpaired) electrons. The molecular weight excluding hydrogens is 326 g/mol. The Morgan fingerprint density at radius 1 is 1.31 bits per heavy atom. The number of benzene rings is 1. The van der Waals surface area contributed by atoms with Gasteiger partial charge in [-0.15, -0.1) is 0 Å². The van der Waals surface area contributed by atoms with Crippen molar-refractivity contribution in [3.63, 3.8) is 0 Å². The van der Waals surface area contributed by atoms with Gasteiger partial charge in [0.1, 0.15) is 11.5 Å². The zero-order valence-corrected chi connectivity index (χ0v) is 16.2. The van der Waals surface area contributed by atoms with Gasteiger partial charge >= 0.3 is 0 Å². The molecule has 1 aromatic carbocycles. The predicted molar refractivity (Wildman–Crippen MR) is 103 cm³/mol. The Morgan fingerprint density at radius 3 is 2.69 bits per heavy atom. The molecule has 140 valence electrons. The molecule has 1 atom stereocenters. The smallest absolute Gasteiger partial charge is 0.230 e. The summed E-state index contributed by atoms with van der Waals surface area (Å²) in [6, 6.07) is 12.4. The van der Waals surface area contributed by atoms with Crippen molar-refractivity contribution in [2.24, 2.45) is 5.41 Å². The topological polar surface area (TPSA) is 49.6 Å². The summed E-state index contributed by atoms with van der Waals surface area (Å²) in [6.07, 6.45) is 2.50. The number of nitrogens with zero attached hydrogens (tertiary/aromatic N) is 3. The van der Waals surface area contributed by atoms with Crippen LogP contribution in [0.1, 0.15) is 32.4 Å². The van der Waals surface area contributed by atoms with E-state index in [-0.39, 0.29) is 5.91 Å². The molecule has 26 heavy (non-hydrogen) atoms. The summed E-state index contributed by atoms with van der Waals surface area (Å²) in [5.41, 5.74) is 1.41. The largest absolute Gasteiger partial charge is 0.361 e.